The predicted octanol–water partition coefficient (Wildman–Crippen LogP) is 5.95. The molecule has 2 aromatic rings. The maximum atomic E-state index is 15.0. The molecule has 0 spiro atoms. The van der Waals surface area contributed by atoms with Crippen LogP contribution in [0.4, 0.5) is 19.7 Å². The van der Waals surface area contributed by atoms with Crippen LogP contribution in [0, 0.1) is 23.1 Å². The van der Waals surface area contributed by atoms with Crippen LogP contribution >= 0.6 is 0 Å². The van der Waals surface area contributed by atoms with E-state index in [1.165, 1.54) is 17.0 Å². The van der Waals surface area contributed by atoms with Gasteiger partial charge in [0.2, 0.25) is 0 Å². The van der Waals surface area contributed by atoms with E-state index < -0.39 is 39.7 Å². The van der Waals surface area contributed by atoms with Crippen LogP contribution in [-0.4, -0.2) is 39.5 Å². The summed E-state index contributed by atoms with van der Waals surface area (Å²) in [4.78, 5) is 26.2. The molecule has 2 atom stereocenters. The highest BCUT2D eigenvalue weighted by Crippen LogP contribution is 2.43. The molecular weight excluding hydrogens is 519 g/mol. The lowest BCUT2D eigenvalue weighted by Gasteiger charge is -2.39. The smallest absolute Gasteiger partial charge is 0.420 e. The Bertz CT molecular complexity index is 1250. The van der Waals surface area contributed by atoms with E-state index in [2.05, 4.69) is 16.1 Å². The number of nitriles is 1. The molecule has 4 rings (SSSR count). The molecule has 0 aromatic heterocycles. The molecule has 208 valence electrons. The molecule has 1 heterocycles. The Hall–Kier alpha value is -3.13. The first kappa shape index (κ1) is 28.9. The molecule has 0 radical (unpaired) electrons. The second-order valence-electron chi connectivity index (χ2n) is 11.2. The van der Waals surface area contributed by atoms with E-state index in [1.54, 1.807) is 24.3 Å². The monoisotopic (exact) mass is 554 g/mol. The number of carbonyl (C=O) groups excluding carboxylic acids is 2. The number of hydrogen-bond acceptors (Lipinski definition) is 6. The van der Waals surface area contributed by atoms with Gasteiger partial charge in [-0.25, -0.2) is 14.0 Å². The molecule has 8 nitrogen and oxygen atoms in total. The van der Waals surface area contributed by atoms with Gasteiger partial charge in [-0.3, -0.25) is 5.32 Å². The van der Waals surface area contributed by atoms with Crippen LogP contribution in [0.15, 0.2) is 42.5 Å². The molecule has 2 unspecified atom stereocenters. The molecule has 2 aromatic carbocycles. The first-order valence-electron chi connectivity index (χ1n) is 13.3. The number of anilines is 1. The van der Waals surface area contributed by atoms with E-state index in [9.17, 15) is 23.8 Å². The average molecular weight is 555 g/mol. The lowest BCUT2D eigenvalue weighted by Crippen LogP contribution is -2.52. The van der Waals surface area contributed by atoms with Crippen LogP contribution in [0.3, 0.4) is 0 Å². The zero-order chi connectivity index (χ0) is 28.2. The second-order valence-corrected chi connectivity index (χ2v) is 13.2. The summed E-state index contributed by atoms with van der Waals surface area (Å²) in [5.41, 5.74) is 0.508. The first-order valence-corrected chi connectivity index (χ1v) is 14.4. The van der Waals surface area contributed by atoms with Gasteiger partial charge in [-0.2, -0.15) is 5.26 Å². The van der Waals surface area contributed by atoms with E-state index in [-0.39, 0.29) is 5.69 Å². The lowest BCUT2D eigenvalue weighted by atomic mass is 9.79. The Morgan fingerprint density at radius 3 is 2.49 bits per heavy atom. The number of carbonyl (C=O) groups is 2. The fourth-order valence-corrected chi connectivity index (χ4v) is 5.64. The molecule has 2 aliphatic rings. The van der Waals surface area contributed by atoms with Crippen LogP contribution in [0.25, 0.3) is 0 Å². The predicted molar refractivity (Wildman–Crippen MR) is 148 cm³/mol. The maximum Gasteiger partial charge on any atom is 0.420 e. The molecular formula is C29H35FN4O4S. The molecule has 1 saturated carbocycles. The summed E-state index contributed by atoms with van der Waals surface area (Å²) in [6.07, 6.45) is 3.43. The molecule has 1 aliphatic carbocycles. The van der Waals surface area contributed by atoms with Gasteiger partial charge in [0.05, 0.1) is 17.3 Å². The van der Waals surface area contributed by atoms with Crippen molar-refractivity contribution < 1.29 is 23.3 Å². The number of amides is 2. The largest absolute Gasteiger partial charge is 0.598 e. The lowest BCUT2D eigenvalue weighted by molar-refractivity contribution is 0.131. The normalized spacial score (nSPS) is 17.7. The topological polar surface area (TPSA) is 118 Å². The third kappa shape index (κ3) is 7.10. The number of nitrogens with zero attached hydrogens (tertiary/aromatic N) is 2. The second kappa shape index (κ2) is 11.9. The van der Waals surface area contributed by atoms with Gasteiger partial charge >= 0.3 is 12.2 Å². The van der Waals surface area contributed by atoms with Crippen LogP contribution < -0.4 is 10.0 Å². The number of benzene rings is 2. The van der Waals surface area contributed by atoms with Gasteiger partial charge in [-0.05, 0) is 87.8 Å². The Morgan fingerprint density at radius 2 is 1.85 bits per heavy atom. The summed E-state index contributed by atoms with van der Waals surface area (Å²) in [6, 6.07) is 13.6. The van der Waals surface area contributed by atoms with Gasteiger partial charge in [0, 0.05) is 24.5 Å². The highest BCUT2D eigenvalue weighted by molar-refractivity contribution is 7.90. The van der Waals surface area contributed by atoms with Gasteiger partial charge in [-0.1, -0.05) is 31.0 Å². The van der Waals surface area contributed by atoms with E-state index in [4.69, 9.17) is 4.74 Å². The summed E-state index contributed by atoms with van der Waals surface area (Å²) in [7, 11) is 0. The van der Waals surface area contributed by atoms with E-state index >= 15 is 0 Å². The van der Waals surface area contributed by atoms with E-state index in [0.29, 0.717) is 42.1 Å². The van der Waals surface area contributed by atoms with Crippen molar-refractivity contribution >= 4 is 29.2 Å². The van der Waals surface area contributed by atoms with Gasteiger partial charge < -0.3 is 14.2 Å². The standard InChI is InChI=1S/C29H35FN4O4S/c1-28(2,3)39(37)33-29(14-13-20-9-10-20,22-8-6-7-21(17-22)19-31)23-11-12-24(30)25(18-23)32-26(35)38-27(36)34-15-4-5-16-34/h6-8,11-12,17-18,20,33H,4-5,9-10,13-16H2,1-3H3,(H,32,35). The minimum atomic E-state index is -1.53. The van der Waals surface area contributed by atoms with Crippen molar-refractivity contribution in [3.05, 3.63) is 65.0 Å². The molecule has 2 amide bonds. The zero-order valence-electron chi connectivity index (χ0n) is 22.6. The van der Waals surface area contributed by atoms with Crippen molar-refractivity contribution in [3.8, 4) is 6.07 Å². The molecule has 1 saturated heterocycles. The van der Waals surface area contributed by atoms with Crippen molar-refractivity contribution in [2.45, 2.75) is 69.6 Å². The van der Waals surface area contributed by atoms with Gasteiger partial charge in [-0.15, -0.1) is 4.72 Å². The fourth-order valence-electron chi connectivity index (χ4n) is 4.68. The highest BCUT2D eigenvalue weighted by atomic mass is 32.2. The average Bonchev–Trinajstić information content (AvgIpc) is 3.56. The van der Waals surface area contributed by atoms with Crippen molar-refractivity contribution in [2.75, 3.05) is 18.4 Å². The first-order chi connectivity index (χ1) is 18.5. The SMILES string of the molecule is CC(C)(C)[S+]([O-])NC(CCC1CC1)(c1cccc(C#N)c1)c1ccc(F)c(NC(=O)OC(=O)N2CCCC2)c1. The molecule has 39 heavy (non-hydrogen) atoms. The minimum Gasteiger partial charge on any atom is -0.598 e. The number of rotatable bonds is 8. The van der Waals surface area contributed by atoms with Crippen LogP contribution in [-0.2, 0) is 21.6 Å². The summed E-state index contributed by atoms with van der Waals surface area (Å²) >= 11 is -1.53. The molecule has 0 bridgehead atoms. The fraction of sp³-hybridized carbons (Fsp3) is 0.483. The molecule has 10 heteroatoms. The summed E-state index contributed by atoms with van der Waals surface area (Å²) in [6.45, 7) is 6.60. The summed E-state index contributed by atoms with van der Waals surface area (Å²) in [5.74, 6) is -0.166. The van der Waals surface area contributed by atoms with Crippen molar-refractivity contribution in [1.82, 2.24) is 9.62 Å². The van der Waals surface area contributed by atoms with Gasteiger partial charge in [0.1, 0.15) is 16.1 Å². The van der Waals surface area contributed by atoms with Gasteiger partial charge in [0.25, 0.3) is 0 Å². The Kier molecular flexibility index (Phi) is 8.84. The highest BCUT2D eigenvalue weighted by Gasteiger charge is 2.43. The number of hydrogen-bond donors (Lipinski definition) is 2. The van der Waals surface area contributed by atoms with Crippen LogP contribution in [0.5, 0.6) is 0 Å². The third-order valence-corrected chi connectivity index (χ3v) is 8.82. The van der Waals surface area contributed by atoms with E-state index in [1.807, 2.05) is 26.8 Å². The van der Waals surface area contributed by atoms with Crippen LogP contribution in [0.1, 0.15) is 76.0 Å². The number of ether oxygens (including phenoxy) is 1. The number of likely N-dealkylation sites (tertiary alicyclic amines) is 1. The summed E-state index contributed by atoms with van der Waals surface area (Å²) < 4.78 is 36.1. The van der Waals surface area contributed by atoms with Crippen molar-refractivity contribution in [2.24, 2.45) is 5.92 Å². The summed E-state index contributed by atoms with van der Waals surface area (Å²) in [5, 5.41) is 12.0. The third-order valence-electron chi connectivity index (χ3n) is 7.17. The Labute approximate surface area is 232 Å². The maximum absolute atomic E-state index is 15.0. The number of halogens is 1. The Morgan fingerprint density at radius 1 is 1.15 bits per heavy atom. The van der Waals surface area contributed by atoms with E-state index in [0.717, 1.165) is 32.1 Å². The van der Waals surface area contributed by atoms with Crippen molar-refractivity contribution in [3.63, 3.8) is 0 Å². The van der Waals surface area contributed by atoms with Crippen LogP contribution in [0.2, 0.25) is 0 Å². The zero-order valence-corrected chi connectivity index (χ0v) is 23.4. The van der Waals surface area contributed by atoms with Crippen molar-refractivity contribution in [1.29, 1.82) is 5.26 Å². The van der Waals surface area contributed by atoms with Gasteiger partial charge in [0.15, 0.2) is 0 Å². The minimum absolute atomic E-state index is 0.165. The molecule has 2 fully saturated rings. The molecule has 2 N–H and O–H groups in total. The number of nitrogens with one attached hydrogen (secondary N) is 2. The quantitative estimate of drug-likeness (QED) is 0.308. The molecule has 1 aliphatic heterocycles. The Balaban J connectivity index is 1.73.